The van der Waals surface area contributed by atoms with Crippen molar-refractivity contribution in [3.05, 3.63) is 24.8 Å². The molecule has 2 aliphatic rings. The maximum atomic E-state index is 3.00. The quantitative estimate of drug-likeness (QED) is 0.478. The number of hydrogen-bond acceptors (Lipinski definition) is 0. The lowest BCUT2D eigenvalue weighted by atomic mass is 10.3. The molecule has 2 heteroatoms. The van der Waals surface area contributed by atoms with E-state index in [0.717, 1.165) is 0 Å². The minimum absolute atomic E-state index is 1.24. The average molecular weight is 106 g/mol. The first kappa shape index (κ1) is 3.78. The molecule has 2 aliphatic heterocycles. The second-order valence-electron chi connectivity index (χ2n) is 1.82. The fraction of sp³-hybridized carbons (Fsp3) is 0. The summed E-state index contributed by atoms with van der Waals surface area (Å²) in [7, 11) is 0. The van der Waals surface area contributed by atoms with Gasteiger partial charge in [0.1, 0.15) is 6.20 Å². The molecule has 0 saturated heterocycles. The molecule has 0 aromatic carbocycles. The van der Waals surface area contributed by atoms with Crippen LogP contribution in [0.5, 0.6) is 0 Å². The number of aromatic nitrogens is 2. The molecule has 0 radical (unpaired) electrons. The van der Waals surface area contributed by atoms with Crippen molar-refractivity contribution in [3.8, 4) is 11.1 Å². The Morgan fingerprint density at radius 3 is 3.38 bits per heavy atom. The fourth-order valence-electron chi connectivity index (χ4n) is 0.859. The van der Waals surface area contributed by atoms with E-state index in [4.69, 9.17) is 0 Å². The van der Waals surface area contributed by atoms with Crippen LogP contribution in [0.15, 0.2) is 24.8 Å². The van der Waals surface area contributed by atoms with E-state index in [1.54, 1.807) is 0 Å². The van der Waals surface area contributed by atoms with Gasteiger partial charge in [0.15, 0.2) is 0 Å². The molecule has 0 spiro atoms. The Morgan fingerprint density at radius 1 is 1.50 bits per heavy atom. The van der Waals surface area contributed by atoms with Crippen molar-refractivity contribution in [1.82, 2.24) is 4.98 Å². The highest BCUT2D eigenvalue weighted by molar-refractivity contribution is 5.60. The van der Waals surface area contributed by atoms with Gasteiger partial charge in [0.2, 0.25) is 0 Å². The Kier molecular flexibility index (Phi) is 0.545. The van der Waals surface area contributed by atoms with Crippen LogP contribution in [-0.4, -0.2) is 4.98 Å². The molecule has 2 heterocycles. The lowest BCUT2D eigenvalue weighted by molar-refractivity contribution is -0.371. The maximum Gasteiger partial charge on any atom is 0.117 e. The molecule has 0 unspecified atom stereocenters. The van der Waals surface area contributed by atoms with Crippen molar-refractivity contribution in [2.24, 2.45) is 0 Å². The second-order valence-corrected chi connectivity index (χ2v) is 1.82. The van der Waals surface area contributed by atoms with E-state index < -0.39 is 0 Å². The third-order valence-corrected chi connectivity index (χ3v) is 1.29. The number of nitrogens with one attached hydrogen (secondary N) is 2. The molecule has 0 fully saturated rings. The van der Waals surface area contributed by atoms with Gasteiger partial charge in [-0.1, -0.05) is 17.3 Å². The molecule has 2 rings (SSSR count). The Labute approximate surface area is 46.9 Å². The third-order valence-electron chi connectivity index (χ3n) is 1.29. The van der Waals surface area contributed by atoms with Gasteiger partial charge < -0.3 is 4.98 Å². The van der Waals surface area contributed by atoms with Crippen LogP contribution in [0.4, 0.5) is 0 Å². The Hall–Kier alpha value is -1.18. The molecule has 2 N–H and O–H groups in total. The molecule has 0 amide bonds. The Bertz CT molecular complexity index is 198. The minimum atomic E-state index is 1.24. The van der Waals surface area contributed by atoms with Crippen molar-refractivity contribution in [1.29, 1.82) is 0 Å². The van der Waals surface area contributed by atoms with E-state index in [2.05, 4.69) is 9.97 Å². The summed E-state index contributed by atoms with van der Waals surface area (Å²) in [6.45, 7) is 0. The zero-order valence-electron chi connectivity index (χ0n) is 4.31. The summed E-state index contributed by atoms with van der Waals surface area (Å²) in [5.41, 5.74) is 2.48. The molecule has 0 saturated carbocycles. The van der Waals surface area contributed by atoms with E-state index in [1.807, 2.05) is 24.8 Å². The summed E-state index contributed by atoms with van der Waals surface area (Å²) >= 11 is 0. The molecule has 8 heavy (non-hydrogen) atoms. The van der Waals surface area contributed by atoms with Crippen molar-refractivity contribution < 1.29 is 4.98 Å². The summed E-state index contributed by atoms with van der Waals surface area (Å²) in [5, 5.41) is 0. The molecular weight excluding hydrogens is 100 g/mol. The van der Waals surface area contributed by atoms with Crippen LogP contribution < -0.4 is 4.98 Å². The number of fused-ring (bicyclic) bond motifs is 1. The van der Waals surface area contributed by atoms with E-state index in [1.165, 1.54) is 11.1 Å². The average Bonchev–Trinajstić information content (AvgIpc) is 2.15. The Balaban J connectivity index is 2.84. The van der Waals surface area contributed by atoms with Crippen LogP contribution in [0.1, 0.15) is 0 Å². The zero-order valence-corrected chi connectivity index (χ0v) is 4.31. The molecule has 40 valence electrons. The van der Waals surface area contributed by atoms with Crippen LogP contribution in [0.25, 0.3) is 11.1 Å². The number of H-pyrrole nitrogens is 2. The smallest absolute Gasteiger partial charge is 0.117 e. The van der Waals surface area contributed by atoms with Gasteiger partial charge in [-0.15, -0.1) is 6.20 Å². The van der Waals surface area contributed by atoms with Gasteiger partial charge in [-0.3, -0.25) is 4.98 Å². The summed E-state index contributed by atoms with van der Waals surface area (Å²) in [4.78, 5) is 6.00. The number of aromatic amines is 2. The SMILES string of the molecule is c1[nH][cH-]c2c[nH+]cc1-2. The zero-order chi connectivity index (χ0) is 5.40. The highest BCUT2D eigenvalue weighted by Crippen LogP contribution is 2.15. The van der Waals surface area contributed by atoms with Crippen LogP contribution in [-0.2, 0) is 0 Å². The predicted molar refractivity (Wildman–Crippen MR) is 29.6 cm³/mol. The van der Waals surface area contributed by atoms with Gasteiger partial charge in [0, 0.05) is 0 Å². The standard InChI is InChI=1S/C6H5N2/c1-5-2-8-4-6(5)3-7-1/h1-4,7H/q-1/p+1. The van der Waals surface area contributed by atoms with E-state index in [0.29, 0.717) is 0 Å². The van der Waals surface area contributed by atoms with Gasteiger partial charge in [-0.05, 0) is 0 Å². The summed E-state index contributed by atoms with van der Waals surface area (Å²) < 4.78 is 0. The van der Waals surface area contributed by atoms with Crippen molar-refractivity contribution in [2.75, 3.05) is 0 Å². The second kappa shape index (κ2) is 1.15. The molecule has 0 bridgehead atoms. The van der Waals surface area contributed by atoms with E-state index in [9.17, 15) is 0 Å². The Morgan fingerprint density at radius 2 is 2.50 bits per heavy atom. The largest absolute Gasteiger partial charge is 0.452 e. The summed E-state index contributed by atoms with van der Waals surface area (Å²) in [6, 6.07) is 0. The molecule has 0 aromatic heterocycles. The first-order chi connectivity index (χ1) is 3.97. The van der Waals surface area contributed by atoms with Gasteiger partial charge >= 0.3 is 0 Å². The van der Waals surface area contributed by atoms with Gasteiger partial charge in [0.05, 0.1) is 6.20 Å². The van der Waals surface area contributed by atoms with Crippen LogP contribution in [0.2, 0.25) is 0 Å². The van der Waals surface area contributed by atoms with E-state index in [-0.39, 0.29) is 0 Å². The molecule has 0 aliphatic carbocycles. The predicted octanol–water partition coefficient (Wildman–Crippen LogP) is 0.652. The monoisotopic (exact) mass is 106 g/mol. The van der Waals surface area contributed by atoms with Crippen molar-refractivity contribution in [2.45, 2.75) is 0 Å². The number of rotatable bonds is 0. The molecule has 2 nitrogen and oxygen atoms in total. The third kappa shape index (κ3) is 0.320. The van der Waals surface area contributed by atoms with Gasteiger partial charge in [-0.2, -0.15) is 0 Å². The molecule has 0 aromatic rings. The molecule has 0 atom stereocenters. The highest BCUT2D eigenvalue weighted by atomic mass is 14.7. The fourth-order valence-corrected chi connectivity index (χ4v) is 0.859. The topological polar surface area (TPSA) is 29.9 Å². The van der Waals surface area contributed by atoms with Crippen LogP contribution >= 0.6 is 0 Å². The van der Waals surface area contributed by atoms with Crippen molar-refractivity contribution in [3.63, 3.8) is 0 Å². The van der Waals surface area contributed by atoms with Gasteiger partial charge in [-0.25, -0.2) is 0 Å². The summed E-state index contributed by atoms with van der Waals surface area (Å²) in [6.07, 6.45) is 7.86. The normalized spacial score (nSPS) is 10.5. The van der Waals surface area contributed by atoms with Crippen LogP contribution in [0, 0.1) is 0 Å². The highest BCUT2D eigenvalue weighted by Gasteiger charge is 1.94. The summed E-state index contributed by atoms with van der Waals surface area (Å²) in [5.74, 6) is 0. The lowest BCUT2D eigenvalue weighted by Crippen LogP contribution is -1.87. The number of hydrogen-bond donors (Lipinski definition) is 1. The maximum absolute atomic E-state index is 3.00. The van der Waals surface area contributed by atoms with E-state index >= 15 is 0 Å². The first-order valence-electron chi connectivity index (χ1n) is 2.56. The van der Waals surface area contributed by atoms with Crippen LogP contribution in [0.3, 0.4) is 0 Å². The minimum Gasteiger partial charge on any atom is -0.452 e. The van der Waals surface area contributed by atoms with Gasteiger partial charge in [0.25, 0.3) is 0 Å². The lowest BCUT2D eigenvalue weighted by Gasteiger charge is -1.80. The first-order valence-corrected chi connectivity index (χ1v) is 2.56. The molecular formula is C6H6N2. The van der Waals surface area contributed by atoms with Crippen molar-refractivity contribution >= 4 is 0 Å².